The van der Waals surface area contributed by atoms with E-state index < -0.39 is 0 Å². The molecule has 2 aromatic heterocycles. The fourth-order valence-corrected chi connectivity index (χ4v) is 3.77. The molecule has 0 aliphatic heterocycles. The summed E-state index contributed by atoms with van der Waals surface area (Å²) in [6, 6.07) is 13.4. The number of ether oxygens (including phenoxy) is 1. The summed E-state index contributed by atoms with van der Waals surface area (Å²) in [5.74, 6) is 0.612. The molecule has 2 aromatic carbocycles. The second-order valence-electron chi connectivity index (χ2n) is 8.71. The molecule has 0 saturated heterocycles. The molecular formula is C28H28ClFN6O2. The highest BCUT2D eigenvalue weighted by Crippen LogP contribution is 2.31. The average molecular weight is 535 g/mol. The Morgan fingerprint density at radius 2 is 2.03 bits per heavy atom. The second kappa shape index (κ2) is 12.8. The zero-order valence-electron chi connectivity index (χ0n) is 21.0. The van der Waals surface area contributed by atoms with Gasteiger partial charge in [-0.1, -0.05) is 35.9 Å². The van der Waals surface area contributed by atoms with E-state index in [1.54, 1.807) is 24.3 Å². The van der Waals surface area contributed by atoms with Crippen LogP contribution in [0.4, 0.5) is 15.9 Å². The first-order chi connectivity index (χ1) is 18.4. The Bertz CT molecular complexity index is 1470. The average Bonchev–Trinajstić information content (AvgIpc) is 3.30. The fraction of sp³-hybridized carbons (Fsp3) is 0.179. The summed E-state index contributed by atoms with van der Waals surface area (Å²) in [4.78, 5) is 25.8. The van der Waals surface area contributed by atoms with Crippen molar-refractivity contribution in [3.63, 3.8) is 0 Å². The standard InChI is InChI=1S/C28H28ClFN6O2/c1-36(2)13-5-9-26(37)31-12-4-8-21-16-24-27(34-21)28(33-18-32-24)35-22-10-11-25(23(29)15-22)38-17-19-6-3-7-20(30)14-19/h3-11,14-16,18,34H,12-13,17H2,1-2H3,(H,31,37)(H,32,33,35). The normalized spacial score (nSPS) is 11.6. The Kier molecular flexibility index (Phi) is 9.07. The van der Waals surface area contributed by atoms with Crippen molar-refractivity contribution < 1.29 is 13.9 Å². The number of anilines is 2. The number of nitrogens with one attached hydrogen (secondary N) is 3. The molecule has 0 unspecified atom stereocenters. The van der Waals surface area contributed by atoms with Crippen molar-refractivity contribution in [1.82, 2.24) is 25.2 Å². The maximum atomic E-state index is 13.4. The maximum absolute atomic E-state index is 13.4. The summed E-state index contributed by atoms with van der Waals surface area (Å²) in [6.45, 7) is 1.30. The molecule has 196 valence electrons. The zero-order chi connectivity index (χ0) is 26.9. The highest BCUT2D eigenvalue weighted by Gasteiger charge is 2.10. The van der Waals surface area contributed by atoms with Crippen LogP contribution in [-0.2, 0) is 11.4 Å². The van der Waals surface area contributed by atoms with E-state index in [1.165, 1.54) is 24.5 Å². The molecule has 3 N–H and O–H groups in total. The van der Waals surface area contributed by atoms with Crippen molar-refractivity contribution in [1.29, 1.82) is 0 Å². The maximum Gasteiger partial charge on any atom is 0.243 e. The van der Waals surface area contributed by atoms with Crippen LogP contribution in [0.1, 0.15) is 11.3 Å². The van der Waals surface area contributed by atoms with Gasteiger partial charge in [-0.3, -0.25) is 4.79 Å². The quantitative estimate of drug-likeness (QED) is 0.225. The van der Waals surface area contributed by atoms with Gasteiger partial charge in [-0.15, -0.1) is 0 Å². The topological polar surface area (TPSA) is 95.2 Å². The number of benzene rings is 2. The number of aromatic amines is 1. The van der Waals surface area contributed by atoms with Crippen molar-refractivity contribution in [2.75, 3.05) is 32.5 Å². The molecule has 8 nitrogen and oxygen atoms in total. The minimum absolute atomic E-state index is 0.144. The third kappa shape index (κ3) is 7.64. The Labute approximate surface area is 225 Å². The van der Waals surface area contributed by atoms with Crippen LogP contribution in [0, 0.1) is 5.82 Å². The van der Waals surface area contributed by atoms with Gasteiger partial charge < -0.3 is 25.3 Å². The number of rotatable bonds is 11. The number of carbonyl (C=O) groups is 1. The van der Waals surface area contributed by atoms with E-state index in [9.17, 15) is 9.18 Å². The number of amides is 1. The van der Waals surface area contributed by atoms with Gasteiger partial charge in [0.2, 0.25) is 5.91 Å². The minimum Gasteiger partial charge on any atom is -0.487 e. The first-order valence-electron chi connectivity index (χ1n) is 11.9. The van der Waals surface area contributed by atoms with E-state index in [0.717, 1.165) is 16.7 Å². The van der Waals surface area contributed by atoms with E-state index in [0.29, 0.717) is 40.9 Å². The molecule has 0 aliphatic rings. The van der Waals surface area contributed by atoms with Gasteiger partial charge in [0.25, 0.3) is 0 Å². The van der Waals surface area contributed by atoms with Crippen LogP contribution in [0.2, 0.25) is 5.02 Å². The smallest absolute Gasteiger partial charge is 0.243 e. The molecule has 2 heterocycles. The number of hydrogen-bond donors (Lipinski definition) is 3. The molecule has 10 heteroatoms. The SMILES string of the molecule is CN(C)CC=CC(=O)NCC=Cc1cc2ncnc(Nc3ccc(OCc4cccc(F)c4)c(Cl)c3)c2[nH]1. The highest BCUT2D eigenvalue weighted by atomic mass is 35.5. The Morgan fingerprint density at radius 1 is 1.16 bits per heavy atom. The van der Waals surface area contributed by atoms with Gasteiger partial charge in [-0.2, -0.15) is 0 Å². The van der Waals surface area contributed by atoms with Crippen LogP contribution in [0.5, 0.6) is 5.75 Å². The summed E-state index contributed by atoms with van der Waals surface area (Å²) < 4.78 is 19.1. The van der Waals surface area contributed by atoms with Gasteiger partial charge in [0.05, 0.1) is 10.5 Å². The van der Waals surface area contributed by atoms with Gasteiger partial charge in [-0.05, 0) is 62.1 Å². The van der Waals surface area contributed by atoms with E-state index in [1.807, 2.05) is 49.4 Å². The van der Waals surface area contributed by atoms with Crippen molar-refractivity contribution in [2.45, 2.75) is 6.61 Å². The number of H-pyrrole nitrogens is 1. The predicted molar refractivity (Wildman–Crippen MR) is 149 cm³/mol. The van der Waals surface area contributed by atoms with Crippen molar-refractivity contribution >= 4 is 46.1 Å². The molecule has 0 radical (unpaired) electrons. The number of fused-ring (bicyclic) bond motifs is 1. The molecule has 4 rings (SSSR count). The van der Waals surface area contributed by atoms with Crippen molar-refractivity contribution in [3.05, 3.63) is 95.2 Å². The van der Waals surface area contributed by atoms with Crippen molar-refractivity contribution in [2.24, 2.45) is 0 Å². The number of nitrogens with zero attached hydrogens (tertiary/aromatic N) is 3. The van der Waals surface area contributed by atoms with E-state index in [4.69, 9.17) is 16.3 Å². The third-order valence-electron chi connectivity index (χ3n) is 5.35. The Morgan fingerprint density at radius 3 is 2.82 bits per heavy atom. The van der Waals surface area contributed by atoms with Gasteiger partial charge in [0, 0.05) is 30.5 Å². The molecule has 0 saturated carbocycles. The summed E-state index contributed by atoms with van der Waals surface area (Å²) >= 11 is 6.43. The minimum atomic E-state index is -0.314. The first-order valence-corrected chi connectivity index (χ1v) is 12.3. The van der Waals surface area contributed by atoms with Crippen LogP contribution in [0.25, 0.3) is 17.1 Å². The number of aromatic nitrogens is 3. The third-order valence-corrected chi connectivity index (χ3v) is 5.64. The van der Waals surface area contributed by atoms with Crippen molar-refractivity contribution in [3.8, 4) is 5.75 Å². The fourth-order valence-electron chi connectivity index (χ4n) is 3.54. The van der Waals surface area contributed by atoms with Crippen LogP contribution in [0.15, 0.2) is 73.1 Å². The molecule has 0 bridgehead atoms. The monoisotopic (exact) mass is 534 g/mol. The van der Waals surface area contributed by atoms with Gasteiger partial charge in [0.15, 0.2) is 5.82 Å². The lowest BCUT2D eigenvalue weighted by Crippen LogP contribution is -2.21. The van der Waals surface area contributed by atoms with Crippen LogP contribution in [0.3, 0.4) is 0 Å². The lowest BCUT2D eigenvalue weighted by atomic mass is 10.2. The lowest BCUT2D eigenvalue weighted by Gasteiger charge is -2.11. The van der Waals surface area contributed by atoms with E-state index >= 15 is 0 Å². The van der Waals surface area contributed by atoms with Crippen LogP contribution in [-0.4, -0.2) is 52.9 Å². The highest BCUT2D eigenvalue weighted by molar-refractivity contribution is 6.32. The molecular weight excluding hydrogens is 507 g/mol. The second-order valence-corrected chi connectivity index (χ2v) is 9.12. The Hall–Kier alpha value is -4.21. The summed E-state index contributed by atoms with van der Waals surface area (Å²) in [5.41, 5.74) is 3.71. The lowest BCUT2D eigenvalue weighted by molar-refractivity contribution is -0.116. The Balaban J connectivity index is 1.37. The summed E-state index contributed by atoms with van der Waals surface area (Å²) in [7, 11) is 3.88. The molecule has 0 spiro atoms. The molecule has 4 aromatic rings. The largest absolute Gasteiger partial charge is 0.487 e. The zero-order valence-corrected chi connectivity index (χ0v) is 21.8. The van der Waals surface area contributed by atoms with Crippen LogP contribution < -0.4 is 15.4 Å². The molecule has 1 amide bonds. The van der Waals surface area contributed by atoms with E-state index in [2.05, 4.69) is 25.6 Å². The van der Waals surface area contributed by atoms with E-state index in [-0.39, 0.29) is 18.3 Å². The van der Waals surface area contributed by atoms with Gasteiger partial charge in [0.1, 0.15) is 30.0 Å². The molecule has 38 heavy (non-hydrogen) atoms. The predicted octanol–water partition coefficient (Wildman–Crippen LogP) is 5.32. The summed E-state index contributed by atoms with van der Waals surface area (Å²) in [5, 5.41) is 6.47. The molecule has 0 aliphatic carbocycles. The first kappa shape index (κ1) is 26.8. The van der Waals surface area contributed by atoms with Crippen LogP contribution >= 0.6 is 11.6 Å². The number of halogens is 2. The number of hydrogen-bond acceptors (Lipinski definition) is 6. The number of likely N-dealkylation sites (N-methyl/N-ethyl adjacent to an activating group) is 1. The summed E-state index contributed by atoms with van der Waals surface area (Å²) in [6.07, 6.45) is 8.54. The van der Waals surface area contributed by atoms with Gasteiger partial charge >= 0.3 is 0 Å². The van der Waals surface area contributed by atoms with Gasteiger partial charge in [-0.25, -0.2) is 14.4 Å². The molecule has 0 fully saturated rings. The number of carbonyl (C=O) groups excluding carboxylic acids is 1. The molecule has 0 atom stereocenters.